The highest BCUT2D eigenvalue weighted by atomic mass is 16.6. The number of nitrogens with one attached hydrogen (secondary N) is 1. The molecule has 1 amide bonds. The quantitative estimate of drug-likeness (QED) is 0.198. The molecule has 3 aromatic carbocycles. The van der Waals surface area contributed by atoms with E-state index in [0.717, 1.165) is 5.56 Å². The zero-order chi connectivity index (χ0) is 24.5. The summed E-state index contributed by atoms with van der Waals surface area (Å²) in [5.74, 6) is 0.247. The van der Waals surface area contributed by atoms with Crippen molar-refractivity contribution in [1.29, 1.82) is 5.26 Å². The molecular weight excluding hydrogens is 434 g/mol. The Hall–Kier alpha value is -4.64. The summed E-state index contributed by atoms with van der Waals surface area (Å²) in [6.45, 7) is 4.31. The van der Waals surface area contributed by atoms with Crippen molar-refractivity contribution in [3.8, 4) is 17.6 Å². The van der Waals surface area contributed by atoms with E-state index in [2.05, 4.69) is 5.32 Å². The second-order valence-corrected chi connectivity index (χ2v) is 7.32. The first-order valence-electron chi connectivity index (χ1n) is 10.5. The fraction of sp³-hybridized carbons (Fsp3) is 0.154. The maximum Gasteiger partial charge on any atom is 0.293 e. The molecule has 0 atom stereocenters. The largest absolute Gasteiger partial charge is 0.490 e. The van der Waals surface area contributed by atoms with Gasteiger partial charge in [0.2, 0.25) is 0 Å². The van der Waals surface area contributed by atoms with Crippen molar-refractivity contribution < 1.29 is 19.2 Å². The van der Waals surface area contributed by atoms with E-state index >= 15 is 0 Å². The highest BCUT2D eigenvalue weighted by molar-refractivity contribution is 6.10. The van der Waals surface area contributed by atoms with Crippen LogP contribution in [0.1, 0.15) is 23.6 Å². The summed E-state index contributed by atoms with van der Waals surface area (Å²) >= 11 is 0. The van der Waals surface area contributed by atoms with E-state index in [1.54, 1.807) is 31.2 Å². The monoisotopic (exact) mass is 457 g/mol. The van der Waals surface area contributed by atoms with E-state index in [4.69, 9.17) is 9.47 Å². The minimum Gasteiger partial charge on any atom is -0.490 e. The predicted molar refractivity (Wildman–Crippen MR) is 128 cm³/mol. The van der Waals surface area contributed by atoms with Crippen LogP contribution in [-0.4, -0.2) is 17.4 Å². The number of nitro groups is 1. The molecule has 0 spiro atoms. The number of ether oxygens (including phenoxy) is 2. The smallest absolute Gasteiger partial charge is 0.293 e. The molecule has 0 bridgehead atoms. The van der Waals surface area contributed by atoms with Gasteiger partial charge in [-0.25, -0.2) is 0 Å². The lowest BCUT2D eigenvalue weighted by Gasteiger charge is -2.13. The van der Waals surface area contributed by atoms with Crippen molar-refractivity contribution in [3.05, 3.63) is 99.1 Å². The maximum absolute atomic E-state index is 12.7. The van der Waals surface area contributed by atoms with Crippen molar-refractivity contribution in [2.24, 2.45) is 0 Å². The number of nitriles is 1. The molecular formula is C26H23N3O5. The van der Waals surface area contributed by atoms with Crippen LogP contribution in [0.2, 0.25) is 0 Å². The number of amides is 1. The molecule has 0 saturated heterocycles. The Kier molecular flexibility index (Phi) is 7.97. The molecule has 0 saturated carbocycles. The number of nitrogens with zero attached hydrogens (tertiary/aromatic N) is 2. The third kappa shape index (κ3) is 6.20. The van der Waals surface area contributed by atoms with Gasteiger partial charge in [-0.05, 0) is 54.8 Å². The minimum atomic E-state index is -0.753. The third-order valence-corrected chi connectivity index (χ3v) is 4.78. The van der Waals surface area contributed by atoms with Gasteiger partial charge in [-0.2, -0.15) is 5.26 Å². The molecule has 0 aromatic heterocycles. The molecule has 0 radical (unpaired) electrons. The van der Waals surface area contributed by atoms with E-state index in [0.29, 0.717) is 35.8 Å². The Morgan fingerprint density at radius 3 is 2.53 bits per heavy atom. The fourth-order valence-electron chi connectivity index (χ4n) is 3.14. The number of rotatable bonds is 9. The third-order valence-electron chi connectivity index (χ3n) is 4.78. The van der Waals surface area contributed by atoms with Gasteiger partial charge >= 0.3 is 0 Å². The normalized spacial score (nSPS) is 10.8. The van der Waals surface area contributed by atoms with Crippen molar-refractivity contribution in [2.45, 2.75) is 20.5 Å². The van der Waals surface area contributed by atoms with Crippen LogP contribution in [0.4, 0.5) is 11.4 Å². The first-order chi connectivity index (χ1) is 16.4. The Morgan fingerprint density at radius 2 is 1.85 bits per heavy atom. The number of anilines is 1. The van der Waals surface area contributed by atoms with Crippen LogP contribution >= 0.6 is 0 Å². The van der Waals surface area contributed by atoms with Gasteiger partial charge in [0.15, 0.2) is 11.5 Å². The van der Waals surface area contributed by atoms with Gasteiger partial charge in [-0.3, -0.25) is 14.9 Å². The molecule has 0 unspecified atom stereocenters. The van der Waals surface area contributed by atoms with Crippen LogP contribution in [0, 0.1) is 28.4 Å². The highest BCUT2D eigenvalue weighted by Gasteiger charge is 2.18. The minimum absolute atomic E-state index is 0.0152. The molecule has 0 heterocycles. The number of benzene rings is 3. The van der Waals surface area contributed by atoms with Gasteiger partial charge in [-0.15, -0.1) is 0 Å². The van der Waals surface area contributed by atoms with Crippen LogP contribution in [0.15, 0.2) is 72.3 Å². The molecule has 8 heteroatoms. The first kappa shape index (κ1) is 24.0. The summed E-state index contributed by atoms with van der Waals surface area (Å²) in [6, 6.07) is 21.0. The highest BCUT2D eigenvalue weighted by Crippen LogP contribution is 2.31. The van der Waals surface area contributed by atoms with E-state index in [-0.39, 0.29) is 16.9 Å². The molecule has 1 N–H and O–H groups in total. The SMILES string of the molecule is CCOc1cc(/C=C(\C#N)C(=O)Nc2ccc(C)cc2[N+](=O)[O-])ccc1OCc1ccccc1. The zero-order valence-corrected chi connectivity index (χ0v) is 18.8. The van der Waals surface area contributed by atoms with Gasteiger partial charge < -0.3 is 14.8 Å². The second-order valence-electron chi connectivity index (χ2n) is 7.32. The van der Waals surface area contributed by atoms with E-state index in [1.165, 1.54) is 18.2 Å². The summed E-state index contributed by atoms with van der Waals surface area (Å²) in [7, 11) is 0. The summed E-state index contributed by atoms with van der Waals surface area (Å²) in [5, 5.41) is 23.3. The Labute approximate surface area is 197 Å². The maximum atomic E-state index is 12.7. The predicted octanol–water partition coefficient (Wildman–Crippen LogP) is 5.43. The van der Waals surface area contributed by atoms with Gasteiger partial charge in [0.25, 0.3) is 11.6 Å². The van der Waals surface area contributed by atoms with Crippen LogP contribution in [0.5, 0.6) is 11.5 Å². The van der Waals surface area contributed by atoms with Gasteiger partial charge in [0.1, 0.15) is 23.9 Å². The lowest BCUT2D eigenvalue weighted by atomic mass is 10.1. The lowest BCUT2D eigenvalue weighted by molar-refractivity contribution is -0.384. The van der Waals surface area contributed by atoms with Gasteiger partial charge in [0.05, 0.1) is 11.5 Å². The number of hydrogen-bond donors (Lipinski definition) is 1. The summed E-state index contributed by atoms with van der Waals surface area (Å²) < 4.78 is 11.6. The van der Waals surface area contributed by atoms with Crippen LogP contribution in [0.3, 0.4) is 0 Å². The topological polar surface area (TPSA) is 114 Å². The van der Waals surface area contributed by atoms with E-state index in [9.17, 15) is 20.2 Å². The van der Waals surface area contributed by atoms with Crippen molar-refractivity contribution in [2.75, 3.05) is 11.9 Å². The van der Waals surface area contributed by atoms with Crippen molar-refractivity contribution >= 4 is 23.4 Å². The second kappa shape index (κ2) is 11.3. The summed E-state index contributed by atoms with van der Waals surface area (Å²) in [4.78, 5) is 23.4. The van der Waals surface area contributed by atoms with E-state index < -0.39 is 10.8 Å². The molecule has 3 aromatic rings. The molecule has 34 heavy (non-hydrogen) atoms. The molecule has 0 aliphatic carbocycles. The number of hydrogen-bond acceptors (Lipinski definition) is 6. The average Bonchev–Trinajstić information content (AvgIpc) is 2.83. The van der Waals surface area contributed by atoms with Crippen LogP contribution < -0.4 is 14.8 Å². The van der Waals surface area contributed by atoms with Crippen molar-refractivity contribution in [3.63, 3.8) is 0 Å². The van der Waals surface area contributed by atoms with Crippen molar-refractivity contribution in [1.82, 2.24) is 0 Å². The van der Waals surface area contributed by atoms with Gasteiger partial charge in [0, 0.05) is 6.07 Å². The molecule has 0 fully saturated rings. The van der Waals surface area contributed by atoms with E-state index in [1.807, 2.05) is 43.3 Å². The summed E-state index contributed by atoms with van der Waals surface area (Å²) in [6.07, 6.45) is 1.39. The summed E-state index contributed by atoms with van der Waals surface area (Å²) in [5.41, 5.74) is 1.78. The Balaban J connectivity index is 1.82. The zero-order valence-electron chi connectivity index (χ0n) is 18.8. The fourth-order valence-corrected chi connectivity index (χ4v) is 3.14. The number of aryl methyl sites for hydroxylation is 1. The molecule has 0 aliphatic heterocycles. The Morgan fingerprint density at radius 1 is 1.09 bits per heavy atom. The molecule has 8 nitrogen and oxygen atoms in total. The lowest BCUT2D eigenvalue weighted by Crippen LogP contribution is -2.14. The number of nitro benzene ring substituents is 1. The first-order valence-corrected chi connectivity index (χ1v) is 10.5. The number of carbonyl (C=O) groups is 1. The van der Waals surface area contributed by atoms with Crippen LogP contribution in [-0.2, 0) is 11.4 Å². The average molecular weight is 457 g/mol. The Bertz CT molecular complexity index is 1260. The van der Waals surface area contributed by atoms with Gasteiger partial charge in [-0.1, -0.05) is 42.5 Å². The molecule has 3 rings (SSSR count). The molecule has 0 aliphatic rings. The molecule has 172 valence electrons. The van der Waals surface area contributed by atoms with Crippen LogP contribution in [0.25, 0.3) is 6.08 Å². The standard InChI is InChI=1S/C26H23N3O5/c1-3-33-25-15-20(10-12-24(25)34-17-19-7-5-4-6-8-19)14-21(16-27)26(30)28-22-11-9-18(2)13-23(22)29(31)32/h4-15H,3,17H2,1-2H3,(H,28,30)/b21-14+. The number of carbonyl (C=O) groups excluding carboxylic acids is 1.